The Hall–Kier alpha value is -2.37. The van der Waals surface area contributed by atoms with E-state index in [1.807, 2.05) is 0 Å². The van der Waals surface area contributed by atoms with Crippen molar-refractivity contribution in [3.63, 3.8) is 0 Å². The summed E-state index contributed by atoms with van der Waals surface area (Å²) in [7, 11) is 1.64. The lowest BCUT2D eigenvalue weighted by Gasteiger charge is -2.00. The van der Waals surface area contributed by atoms with E-state index in [2.05, 4.69) is 9.84 Å². The zero-order valence-corrected chi connectivity index (χ0v) is 8.92. The highest BCUT2D eigenvalue weighted by Crippen LogP contribution is 2.28. The molecular weight excluding hydrogens is 227 g/mol. The Balaban J connectivity index is 2.43. The van der Waals surface area contributed by atoms with Crippen molar-refractivity contribution in [2.24, 2.45) is 7.05 Å². The van der Waals surface area contributed by atoms with Gasteiger partial charge in [-0.2, -0.15) is 0 Å². The zero-order chi connectivity index (χ0) is 12.4. The van der Waals surface area contributed by atoms with Gasteiger partial charge in [-0.25, -0.2) is 9.18 Å². The SMILES string of the molecule is Cn1cc(-c2ccc(F)cc2)c(OC(=O)O)n1. The molecule has 5 nitrogen and oxygen atoms in total. The van der Waals surface area contributed by atoms with Crippen LogP contribution in [-0.2, 0) is 7.05 Å². The van der Waals surface area contributed by atoms with Crippen LogP contribution < -0.4 is 4.74 Å². The molecule has 1 aromatic heterocycles. The van der Waals surface area contributed by atoms with Gasteiger partial charge in [0.25, 0.3) is 5.88 Å². The van der Waals surface area contributed by atoms with Gasteiger partial charge in [-0.1, -0.05) is 12.1 Å². The summed E-state index contributed by atoms with van der Waals surface area (Å²) in [6.45, 7) is 0. The summed E-state index contributed by atoms with van der Waals surface area (Å²) >= 11 is 0. The largest absolute Gasteiger partial charge is 0.512 e. The van der Waals surface area contributed by atoms with Crippen LogP contribution in [0.1, 0.15) is 0 Å². The Morgan fingerprint density at radius 3 is 2.65 bits per heavy atom. The lowest BCUT2D eigenvalue weighted by atomic mass is 10.1. The van der Waals surface area contributed by atoms with E-state index in [4.69, 9.17) is 5.11 Å². The maximum atomic E-state index is 12.8. The first-order valence-electron chi connectivity index (χ1n) is 4.76. The highest BCUT2D eigenvalue weighted by Gasteiger charge is 2.14. The second kappa shape index (κ2) is 4.25. The Morgan fingerprint density at radius 2 is 2.06 bits per heavy atom. The summed E-state index contributed by atoms with van der Waals surface area (Å²) in [4.78, 5) is 10.5. The summed E-state index contributed by atoms with van der Waals surface area (Å²) in [5.74, 6) is -0.384. The number of rotatable bonds is 2. The van der Waals surface area contributed by atoms with E-state index >= 15 is 0 Å². The zero-order valence-electron chi connectivity index (χ0n) is 8.92. The summed E-state index contributed by atoms with van der Waals surface area (Å²) in [6, 6.07) is 5.63. The number of carboxylic acid groups (broad SMARTS) is 1. The van der Waals surface area contributed by atoms with Gasteiger partial charge in [-0.3, -0.25) is 4.68 Å². The van der Waals surface area contributed by atoms with Crippen molar-refractivity contribution in [2.75, 3.05) is 0 Å². The normalized spacial score (nSPS) is 10.2. The van der Waals surface area contributed by atoms with Crippen molar-refractivity contribution in [3.05, 3.63) is 36.3 Å². The Morgan fingerprint density at radius 1 is 1.41 bits per heavy atom. The molecule has 0 bridgehead atoms. The van der Waals surface area contributed by atoms with Crippen molar-refractivity contribution in [3.8, 4) is 17.0 Å². The van der Waals surface area contributed by atoms with Crippen LogP contribution >= 0.6 is 0 Å². The van der Waals surface area contributed by atoms with Crippen molar-refractivity contribution in [1.29, 1.82) is 0 Å². The van der Waals surface area contributed by atoms with Gasteiger partial charge in [0, 0.05) is 13.2 Å². The van der Waals surface area contributed by atoms with Crippen LogP contribution in [0.5, 0.6) is 5.88 Å². The van der Waals surface area contributed by atoms with Gasteiger partial charge in [0.1, 0.15) is 5.82 Å². The lowest BCUT2D eigenvalue weighted by Crippen LogP contribution is -2.04. The van der Waals surface area contributed by atoms with Gasteiger partial charge in [0.15, 0.2) is 0 Å². The van der Waals surface area contributed by atoms with Gasteiger partial charge in [-0.05, 0) is 17.7 Å². The van der Waals surface area contributed by atoms with E-state index in [0.29, 0.717) is 11.1 Å². The molecule has 0 fully saturated rings. The van der Waals surface area contributed by atoms with E-state index in [1.165, 1.54) is 28.9 Å². The summed E-state index contributed by atoms with van der Waals surface area (Å²) in [5, 5.41) is 12.4. The van der Waals surface area contributed by atoms with E-state index in [1.54, 1.807) is 13.2 Å². The summed E-state index contributed by atoms with van der Waals surface area (Å²) in [5.41, 5.74) is 1.13. The van der Waals surface area contributed by atoms with Crippen molar-refractivity contribution in [1.82, 2.24) is 9.78 Å². The summed E-state index contributed by atoms with van der Waals surface area (Å²) < 4.78 is 18.7. The standard InChI is InChI=1S/C11H9FN2O3/c1-14-6-9(10(13-14)17-11(15)16)7-2-4-8(12)5-3-7/h2-6H,1H3,(H,15,16). The molecule has 1 aromatic carbocycles. The molecule has 6 heteroatoms. The number of ether oxygens (including phenoxy) is 1. The van der Waals surface area contributed by atoms with Crippen LogP contribution in [0.15, 0.2) is 30.5 Å². The molecule has 0 unspecified atom stereocenters. The van der Waals surface area contributed by atoms with Crippen LogP contribution in [-0.4, -0.2) is 21.0 Å². The maximum absolute atomic E-state index is 12.8. The molecule has 88 valence electrons. The number of carbonyl (C=O) groups is 1. The minimum Gasteiger partial charge on any atom is -0.449 e. The Bertz CT molecular complexity index is 548. The highest BCUT2D eigenvalue weighted by atomic mass is 19.1. The molecule has 0 aliphatic heterocycles. The number of aromatic nitrogens is 2. The molecule has 0 saturated carbocycles. The van der Waals surface area contributed by atoms with Gasteiger partial charge >= 0.3 is 6.16 Å². The topological polar surface area (TPSA) is 64.3 Å². The lowest BCUT2D eigenvalue weighted by molar-refractivity contribution is 0.142. The first-order chi connectivity index (χ1) is 8.06. The molecule has 0 saturated heterocycles. The van der Waals surface area contributed by atoms with Gasteiger partial charge in [-0.15, -0.1) is 5.10 Å². The molecule has 2 aromatic rings. The molecule has 0 radical (unpaired) electrons. The number of hydrogen-bond donors (Lipinski definition) is 1. The third-order valence-electron chi connectivity index (χ3n) is 2.13. The number of nitrogens with zero attached hydrogens (tertiary/aromatic N) is 2. The molecule has 0 amide bonds. The number of aryl methyl sites for hydroxylation is 1. The average Bonchev–Trinajstić information content (AvgIpc) is 2.59. The molecule has 17 heavy (non-hydrogen) atoms. The molecule has 0 aliphatic rings. The highest BCUT2D eigenvalue weighted by molar-refractivity contribution is 5.71. The minimum absolute atomic E-state index is 0.0217. The van der Waals surface area contributed by atoms with Crippen LogP contribution in [0.25, 0.3) is 11.1 Å². The van der Waals surface area contributed by atoms with Crippen molar-refractivity contribution >= 4 is 6.16 Å². The predicted molar refractivity (Wildman–Crippen MR) is 57.3 cm³/mol. The minimum atomic E-state index is -1.44. The van der Waals surface area contributed by atoms with Gasteiger partial charge in [0.2, 0.25) is 0 Å². The van der Waals surface area contributed by atoms with E-state index < -0.39 is 6.16 Å². The molecule has 0 aliphatic carbocycles. The maximum Gasteiger partial charge on any atom is 0.512 e. The van der Waals surface area contributed by atoms with Crippen LogP contribution in [0, 0.1) is 5.82 Å². The third-order valence-corrected chi connectivity index (χ3v) is 2.13. The Kier molecular flexibility index (Phi) is 2.78. The van der Waals surface area contributed by atoms with Crippen molar-refractivity contribution in [2.45, 2.75) is 0 Å². The Labute approximate surface area is 96.1 Å². The predicted octanol–water partition coefficient (Wildman–Crippen LogP) is 2.28. The fraction of sp³-hybridized carbons (Fsp3) is 0.0909. The second-order valence-electron chi connectivity index (χ2n) is 3.40. The van der Waals surface area contributed by atoms with E-state index in [-0.39, 0.29) is 11.7 Å². The number of hydrogen-bond acceptors (Lipinski definition) is 3. The second-order valence-corrected chi connectivity index (χ2v) is 3.40. The first kappa shape index (κ1) is 11.1. The molecular formula is C11H9FN2O3. The molecule has 0 atom stereocenters. The molecule has 1 heterocycles. The van der Waals surface area contributed by atoms with Crippen LogP contribution in [0.4, 0.5) is 9.18 Å². The van der Waals surface area contributed by atoms with Crippen molar-refractivity contribution < 1.29 is 19.0 Å². The quantitative estimate of drug-likeness (QED) is 0.812. The molecule has 1 N–H and O–H groups in total. The van der Waals surface area contributed by atoms with Gasteiger partial charge in [0.05, 0.1) is 5.56 Å². The summed E-state index contributed by atoms with van der Waals surface area (Å²) in [6.07, 6.45) is 0.165. The van der Waals surface area contributed by atoms with Gasteiger partial charge < -0.3 is 9.84 Å². The first-order valence-corrected chi connectivity index (χ1v) is 4.76. The third kappa shape index (κ3) is 2.41. The van der Waals surface area contributed by atoms with Crippen LogP contribution in [0.3, 0.4) is 0 Å². The van der Waals surface area contributed by atoms with Crippen LogP contribution in [0.2, 0.25) is 0 Å². The fourth-order valence-corrected chi connectivity index (χ4v) is 1.45. The monoisotopic (exact) mass is 236 g/mol. The fourth-order valence-electron chi connectivity index (χ4n) is 1.45. The smallest absolute Gasteiger partial charge is 0.449 e. The number of benzene rings is 1. The number of halogens is 1. The molecule has 2 rings (SSSR count). The average molecular weight is 236 g/mol. The van der Waals surface area contributed by atoms with E-state index in [9.17, 15) is 9.18 Å². The van der Waals surface area contributed by atoms with E-state index in [0.717, 1.165) is 0 Å². The molecule has 0 spiro atoms.